The number of methoxy groups -OCH3 is 2. The predicted molar refractivity (Wildman–Crippen MR) is 141 cm³/mol. The minimum atomic E-state index is -3.81. The van der Waals surface area contributed by atoms with Crippen LogP contribution in [0, 0.1) is 6.92 Å². The molecule has 3 heterocycles. The van der Waals surface area contributed by atoms with Crippen molar-refractivity contribution in [2.24, 2.45) is 0 Å². The highest BCUT2D eigenvalue weighted by Gasteiger charge is 2.52. The highest BCUT2D eigenvalue weighted by Crippen LogP contribution is 2.50. The molecule has 0 unspecified atom stereocenters. The fraction of sp³-hybridized carbons (Fsp3) is 0.538. The summed E-state index contributed by atoms with van der Waals surface area (Å²) in [6.45, 7) is 4.20. The van der Waals surface area contributed by atoms with Crippen LogP contribution >= 0.6 is 11.6 Å². The Balaban J connectivity index is 1.60. The lowest BCUT2D eigenvalue weighted by Gasteiger charge is -2.28. The number of rotatable bonds is 9. The van der Waals surface area contributed by atoms with Crippen LogP contribution in [-0.4, -0.2) is 65.3 Å². The van der Waals surface area contributed by atoms with Gasteiger partial charge >= 0.3 is 0 Å². The van der Waals surface area contributed by atoms with Crippen molar-refractivity contribution in [3.05, 3.63) is 58.7 Å². The second-order valence-corrected chi connectivity index (χ2v) is 12.8. The summed E-state index contributed by atoms with van der Waals surface area (Å²) in [6, 6.07) is 5.74. The van der Waals surface area contributed by atoms with E-state index in [2.05, 4.69) is 20.2 Å². The van der Waals surface area contributed by atoms with Gasteiger partial charge < -0.3 is 14.2 Å². The zero-order chi connectivity index (χ0) is 27.1. The topological polar surface area (TPSA) is 118 Å². The number of aryl methyl sites for hydroxylation is 1. The maximum Gasteiger partial charge on any atom is 0.163 e. The maximum absolute atomic E-state index is 13.8. The molecular formula is C26H32ClN5O5S. The molecule has 4 atom stereocenters. The monoisotopic (exact) mass is 561 g/mol. The number of sulfone groups is 1. The molecule has 0 amide bonds. The van der Waals surface area contributed by atoms with Crippen molar-refractivity contribution >= 4 is 21.4 Å². The van der Waals surface area contributed by atoms with E-state index in [1.165, 1.54) is 19.5 Å². The normalized spacial score (nSPS) is 22.8. The molecule has 0 spiro atoms. The van der Waals surface area contributed by atoms with Crippen LogP contribution in [0.2, 0.25) is 5.02 Å². The van der Waals surface area contributed by atoms with Crippen molar-refractivity contribution in [2.45, 2.75) is 68.2 Å². The number of hydrogen-bond acceptors (Lipinski definition) is 9. The average Bonchev–Trinajstić information content (AvgIpc) is 3.60. The van der Waals surface area contributed by atoms with E-state index in [0.717, 1.165) is 42.8 Å². The van der Waals surface area contributed by atoms with Crippen LogP contribution in [-0.2, 0) is 30.5 Å². The van der Waals surface area contributed by atoms with Gasteiger partial charge in [-0.15, -0.1) is 10.2 Å². The molecule has 5 rings (SSSR count). The standard InChI is InChI=1S/C26H32ClN5O5S/c1-16-7-5-8-19(35-3)22(16)32-21(30-31-25(32)26-10-6-9-20(26)37-12-11-26)15-38(33,34)17(2)23(36-4)24-28-13-18(27)14-29-24/h5,7-8,13-14,17,20,23H,6,9-12,15H2,1-4H3/t17-,20+,23-,26-/m0/s1. The summed E-state index contributed by atoms with van der Waals surface area (Å²) in [4.78, 5) is 8.37. The Bertz CT molecular complexity index is 1400. The van der Waals surface area contributed by atoms with Crippen molar-refractivity contribution < 1.29 is 22.6 Å². The van der Waals surface area contributed by atoms with E-state index in [1.807, 2.05) is 29.7 Å². The van der Waals surface area contributed by atoms with Crippen LogP contribution in [0.1, 0.15) is 61.7 Å². The third-order valence-corrected chi connectivity index (χ3v) is 10.1. The number of halogens is 1. The van der Waals surface area contributed by atoms with E-state index < -0.39 is 21.2 Å². The van der Waals surface area contributed by atoms with Gasteiger partial charge in [-0.05, 0) is 51.2 Å². The number of ether oxygens (including phenoxy) is 3. The molecule has 204 valence electrons. The Labute approximate surface area is 227 Å². The summed E-state index contributed by atoms with van der Waals surface area (Å²) >= 11 is 5.92. The highest BCUT2D eigenvalue weighted by molar-refractivity contribution is 7.91. The molecule has 2 aliphatic rings. The number of aromatic nitrogens is 5. The first-order valence-corrected chi connectivity index (χ1v) is 14.7. The summed E-state index contributed by atoms with van der Waals surface area (Å²) < 4.78 is 46.9. The van der Waals surface area contributed by atoms with E-state index in [-0.39, 0.29) is 23.1 Å². The third-order valence-electron chi connectivity index (χ3n) is 7.86. The summed E-state index contributed by atoms with van der Waals surface area (Å²) in [5.41, 5.74) is 1.34. The van der Waals surface area contributed by atoms with E-state index in [0.29, 0.717) is 23.2 Å². The van der Waals surface area contributed by atoms with Crippen LogP contribution in [0.3, 0.4) is 0 Å². The Morgan fingerprint density at radius 3 is 2.68 bits per heavy atom. The molecule has 0 N–H and O–H groups in total. The van der Waals surface area contributed by atoms with Crippen LogP contribution < -0.4 is 4.74 Å². The number of benzene rings is 1. The SMILES string of the molecule is COc1cccc(C)c1-n1c(CS(=O)(=O)[C@@H](C)[C@H](OC)c2ncc(Cl)cn2)nnc1[C@]12CCC[C@H]1OCC2. The lowest BCUT2D eigenvalue weighted by atomic mass is 9.81. The smallest absolute Gasteiger partial charge is 0.163 e. The summed E-state index contributed by atoms with van der Waals surface area (Å²) in [7, 11) is -0.774. The molecule has 1 aliphatic heterocycles. The van der Waals surface area contributed by atoms with Crippen molar-refractivity contribution in [1.29, 1.82) is 0 Å². The minimum absolute atomic E-state index is 0.0313. The molecule has 1 aromatic carbocycles. The fourth-order valence-electron chi connectivity index (χ4n) is 5.85. The molecular weight excluding hydrogens is 530 g/mol. The highest BCUT2D eigenvalue weighted by atomic mass is 35.5. The first-order chi connectivity index (χ1) is 18.2. The summed E-state index contributed by atoms with van der Waals surface area (Å²) in [5.74, 6) is 1.55. The Hall–Kier alpha value is -2.60. The van der Waals surface area contributed by atoms with Crippen LogP contribution in [0.5, 0.6) is 5.75 Å². The second kappa shape index (κ2) is 10.5. The van der Waals surface area contributed by atoms with Crippen LogP contribution in [0.4, 0.5) is 0 Å². The van der Waals surface area contributed by atoms with Gasteiger partial charge in [-0.3, -0.25) is 4.57 Å². The zero-order valence-electron chi connectivity index (χ0n) is 21.9. The minimum Gasteiger partial charge on any atom is -0.495 e. The van der Waals surface area contributed by atoms with E-state index in [9.17, 15) is 8.42 Å². The first kappa shape index (κ1) is 27.0. The molecule has 38 heavy (non-hydrogen) atoms. The van der Waals surface area contributed by atoms with Gasteiger partial charge in [-0.1, -0.05) is 23.7 Å². The molecule has 3 aromatic rings. The quantitative estimate of drug-likeness (QED) is 0.383. The summed E-state index contributed by atoms with van der Waals surface area (Å²) in [6.07, 6.45) is 5.67. The lowest BCUT2D eigenvalue weighted by molar-refractivity contribution is 0.0910. The van der Waals surface area contributed by atoms with Gasteiger partial charge in [0.15, 0.2) is 21.5 Å². The number of hydrogen-bond donors (Lipinski definition) is 0. The van der Waals surface area contributed by atoms with E-state index in [4.69, 9.17) is 25.8 Å². The third kappa shape index (κ3) is 4.59. The number of nitrogens with zero attached hydrogens (tertiary/aromatic N) is 5. The number of para-hydroxylation sites is 1. The maximum atomic E-state index is 13.8. The molecule has 2 aromatic heterocycles. The van der Waals surface area contributed by atoms with Gasteiger partial charge in [0, 0.05) is 26.1 Å². The van der Waals surface area contributed by atoms with Crippen LogP contribution in [0.15, 0.2) is 30.6 Å². The Kier molecular flexibility index (Phi) is 7.47. The van der Waals surface area contributed by atoms with E-state index >= 15 is 0 Å². The average molecular weight is 562 g/mol. The van der Waals surface area contributed by atoms with Gasteiger partial charge in [0.2, 0.25) is 0 Å². The summed E-state index contributed by atoms with van der Waals surface area (Å²) in [5, 5.41) is 8.51. The van der Waals surface area contributed by atoms with Crippen molar-refractivity contribution in [3.63, 3.8) is 0 Å². The van der Waals surface area contributed by atoms with Gasteiger partial charge in [-0.2, -0.15) is 0 Å². The van der Waals surface area contributed by atoms with E-state index in [1.54, 1.807) is 14.0 Å². The first-order valence-electron chi connectivity index (χ1n) is 12.6. The van der Waals surface area contributed by atoms with Crippen LogP contribution in [0.25, 0.3) is 5.69 Å². The predicted octanol–water partition coefficient (Wildman–Crippen LogP) is 3.93. The largest absolute Gasteiger partial charge is 0.495 e. The lowest BCUT2D eigenvalue weighted by Crippen LogP contribution is -2.34. The molecule has 10 nitrogen and oxygen atoms in total. The van der Waals surface area contributed by atoms with Gasteiger partial charge in [0.05, 0.1) is 34.6 Å². The molecule has 1 saturated carbocycles. The molecule has 2 fully saturated rings. The molecule has 1 saturated heterocycles. The molecule has 0 radical (unpaired) electrons. The van der Waals surface area contributed by atoms with Crippen molar-refractivity contribution in [1.82, 2.24) is 24.7 Å². The van der Waals surface area contributed by atoms with Crippen molar-refractivity contribution in [3.8, 4) is 11.4 Å². The van der Waals surface area contributed by atoms with Gasteiger partial charge in [-0.25, -0.2) is 18.4 Å². The Morgan fingerprint density at radius 2 is 1.97 bits per heavy atom. The number of fused-ring (bicyclic) bond motifs is 1. The van der Waals surface area contributed by atoms with Gasteiger partial charge in [0.25, 0.3) is 0 Å². The zero-order valence-corrected chi connectivity index (χ0v) is 23.5. The van der Waals surface area contributed by atoms with Crippen molar-refractivity contribution in [2.75, 3.05) is 20.8 Å². The Morgan fingerprint density at radius 1 is 1.21 bits per heavy atom. The molecule has 0 bridgehead atoms. The molecule has 12 heteroatoms. The fourth-order valence-corrected chi connectivity index (χ4v) is 7.36. The second-order valence-electron chi connectivity index (χ2n) is 9.99. The molecule has 1 aliphatic carbocycles. The van der Waals surface area contributed by atoms with Gasteiger partial charge in [0.1, 0.15) is 23.4 Å².